The number of nitrogens with one attached hydrogen (secondary N) is 2. The third-order valence-electron chi connectivity index (χ3n) is 5.74. The monoisotopic (exact) mass is 426 g/mol. The van der Waals surface area contributed by atoms with E-state index in [1.54, 1.807) is 49.4 Å². The van der Waals surface area contributed by atoms with Crippen LogP contribution in [0.4, 0.5) is 8.78 Å². The van der Waals surface area contributed by atoms with E-state index in [0.29, 0.717) is 22.5 Å². The van der Waals surface area contributed by atoms with Crippen molar-refractivity contribution in [1.82, 2.24) is 20.7 Å². The van der Waals surface area contributed by atoms with Crippen molar-refractivity contribution in [2.75, 3.05) is 7.11 Å². The molecule has 1 amide bonds. The van der Waals surface area contributed by atoms with Gasteiger partial charge in [-0.1, -0.05) is 36.4 Å². The molecule has 1 aromatic heterocycles. The first-order valence-corrected chi connectivity index (χ1v) is 9.83. The standard InChI is InChI=1S/C22H20F2N4O3/c1-11-15(21-26-17-13(30-2)9-6-10-14(17)31-21)22(29)28-20(25-11)16(18(27-28)19(23)24)12-7-4-3-5-8-12/h3-10,16,18-20,25,27H,1-2H3. The predicted molar refractivity (Wildman–Crippen MR) is 109 cm³/mol. The Morgan fingerprint density at radius 2 is 1.94 bits per heavy atom. The van der Waals surface area contributed by atoms with Crippen LogP contribution in [0.3, 0.4) is 0 Å². The molecule has 0 radical (unpaired) electrons. The van der Waals surface area contributed by atoms with E-state index in [0.717, 1.165) is 5.56 Å². The Hall–Kier alpha value is -3.46. The topological polar surface area (TPSA) is 79.6 Å². The second-order valence-corrected chi connectivity index (χ2v) is 7.52. The number of amides is 1. The molecule has 0 bridgehead atoms. The number of oxazole rings is 1. The fourth-order valence-electron chi connectivity index (χ4n) is 4.32. The number of carbonyl (C=O) groups is 1. The molecule has 3 aromatic rings. The number of hydrazine groups is 1. The number of alkyl halides is 2. The zero-order valence-corrected chi connectivity index (χ0v) is 16.8. The van der Waals surface area contributed by atoms with Crippen LogP contribution in [0.5, 0.6) is 5.75 Å². The lowest BCUT2D eigenvalue weighted by atomic mass is 9.89. The summed E-state index contributed by atoms with van der Waals surface area (Å²) in [6, 6.07) is 13.0. The first-order chi connectivity index (χ1) is 15.0. The lowest BCUT2D eigenvalue weighted by Crippen LogP contribution is -2.54. The van der Waals surface area contributed by atoms with Gasteiger partial charge in [-0.05, 0) is 24.6 Å². The first-order valence-electron chi connectivity index (χ1n) is 9.83. The minimum Gasteiger partial charge on any atom is -0.494 e. The van der Waals surface area contributed by atoms with Crippen molar-refractivity contribution >= 4 is 22.6 Å². The van der Waals surface area contributed by atoms with E-state index in [2.05, 4.69) is 15.7 Å². The fraction of sp³-hybridized carbons (Fsp3) is 0.273. The Morgan fingerprint density at radius 3 is 2.65 bits per heavy atom. The number of fused-ring (bicyclic) bond motifs is 2. The third-order valence-corrected chi connectivity index (χ3v) is 5.74. The zero-order chi connectivity index (χ0) is 21.7. The SMILES string of the molecule is COc1cccc2oc(C3=C(C)NC4C(c5ccccc5)C(C(F)F)NN4C3=O)nc12. The molecule has 160 valence electrons. The van der Waals surface area contributed by atoms with Gasteiger partial charge in [0.2, 0.25) is 5.89 Å². The molecule has 0 saturated carbocycles. The lowest BCUT2D eigenvalue weighted by molar-refractivity contribution is -0.130. The van der Waals surface area contributed by atoms with Crippen molar-refractivity contribution in [3.63, 3.8) is 0 Å². The van der Waals surface area contributed by atoms with Crippen molar-refractivity contribution in [3.8, 4) is 5.75 Å². The minimum absolute atomic E-state index is 0.103. The van der Waals surface area contributed by atoms with E-state index in [9.17, 15) is 13.6 Å². The largest absolute Gasteiger partial charge is 0.494 e. The highest BCUT2D eigenvalue weighted by Gasteiger charge is 2.51. The average Bonchev–Trinajstić information content (AvgIpc) is 3.36. The van der Waals surface area contributed by atoms with Crippen LogP contribution in [-0.2, 0) is 4.79 Å². The van der Waals surface area contributed by atoms with Gasteiger partial charge in [-0.3, -0.25) is 4.79 Å². The molecule has 3 unspecified atom stereocenters. The van der Waals surface area contributed by atoms with Gasteiger partial charge in [0.25, 0.3) is 12.3 Å². The Labute approximate surface area is 176 Å². The smallest absolute Gasteiger partial charge is 0.277 e. The highest BCUT2D eigenvalue weighted by Crippen LogP contribution is 2.39. The number of hydrogen-bond donors (Lipinski definition) is 2. The van der Waals surface area contributed by atoms with E-state index in [4.69, 9.17) is 9.15 Å². The van der Waals surface area contributed by atoms with Gasteiger partial charge >= 0.3 is 0 Å². The number of halogens is 2. The summed E-state index contributed by atoms with van der Waals surface area (Å²) in [5, 5.41) is 4.45. The van der Waals surface area contributed by atoms with E-state index >= 15 is 0 Å². The maximum atomic E-state index is 13.9. The molecular weight excluding hydrogens is 406 g/mol. The van der Waals surface area contributed by atoms with Crippen LogP contribution < -0.4 is 15.5 Å². The lowest BCUT2D eigenvalue weighted by Gasteiger charge is -2.34. The molecule has 3 heterocycles. The van der Waals surface area contributed by atoms with Gasteiger partial charge in [-0.15, -0.1) is 0 Å². The van der Waals surface area contributed by atoms with Crippen molar-refractivity contribution in [2.24, 2.45) is 0 Å². The van der Waals surface area contributed by atoms with Gasteiger partial charge in [-0.25, -0.2) is 24.2 Å². The Bertz CT molecular complexity index is 1180. The first kappa shape index (κ1) is 19.5. The van der Waals surface area contributed by atoms with Crippen molar-refractivity contribution in [3.05, 3.63) is 65.7 Å². The van der Waals surface area contributed by atoms with Crippen molar-refractivity contribution < 1.29 is 22.7 Å². The molecule has 2 N–H and O–H groups in total. The third kappa shape index (κ3) is 3.04. The molecule has 9 heteroatoms. The summed E-state index contributed by atoms with van der Waals surface area (Å²) >= 11 is 0. The maximum absolute atomic E-state index is 13.9. The van der Waals surface area contributed by atoms with Gasteiger partial charge < -0.3 is 14.5 Å². The molecule has 1 saturated heterocycles. The predicted octanol–water partition coefficient (Wildman–Crippen LogP) is 3.26. The molecule has 5 rings (SSSR count). The summed E-state index contributed by atoms with van der Waals surface area (Å²) in [6.45, 7) is 1.72. The molecule has 7 nitrogen and oxygen atoms in total. The van der Waals surface area contributed by atoms with Crippen molar-refractivity contribution in [2.45, 2.75) is 31.5 Å². The van der Waals surface area contributed by atoms with Crippen molar-refractivity contribution in [1.29, 1.82) is 0 Å². The quantitative estimate of drug-likeness (QED) is 0.667. The summed E-state index contributed by atoms with van der Waals surface area (Å²) in [5.41, 5.74) is 5.07. The van der Waals surface area contributed by atoms with Crippen LogP contribution in [0, 0.1) is 0 Å². The second kappa shape index (κ2) is 7.35. The summed E-state index contributed by atoms with van der Waals surface area (Å²) in [6.07, 6.45) is -3.33. The van der Waals surface area contributed by atoms with Gasteiger partial charge in [0.15, 0.2) is 11.1 Å². The van der Waals surface area contributed by atoms with Crippen LogP contribution in [0.15, 0.2) is 58.6 Å². The summed E-state index contributed by atoms with van der Waals surface area (Å²) in [7, 11) is 1.52. The van der Waals surface area contributed by atoms with Crippen LogP contribution in [0.25, 0.3) is 16.7 Å². The Morgan fingerprint density at radius 1 is 1.16 bits per heavy atom. The van der Waals surface area contributed by atoms with E-state index in [-0.39, 0.29) is 11.5 Å². The van der Waals surface area contributed by atoms with Gasteiger partial charge in [-0.2, -0.15) is 0 Å². The second-order valence-electron chi connectivity index (χ2n) is 7.52. The van der Waals surface area contributed by atoms with E-state index in [1.165, 1.54) is 12.1 Å². The number of nitrogens with zero attached hydrogens (tertiary/aromatic N) is 2. The Balaban J connectivity index is 1.57. The fourth-order valence-corrected chi connectivity index (χ4v) is 4.32. The minimum atomic E-state index is -2.66. The van der Waals surface area contributed by atoms with Crippen LogP contribution >= 0.6 is 0 Å². The number of para-hydroxylation sites is 1. The Kier molecular flexibility index (Phi) is 4.62. The van der Waals surface area contributed by atoms with Crippen LogP contribution in [-0.4, -0.2) is 41.6 Å². The summed E-state index contributed by atoms with van der Waals surface area (Å²) in [5.74, 6) is -0.492. The molecule has 1 fully saturated rings. The molecular formula is C22H20F2N4O3. The summed E-state index contributed by atoms with van der Waals surface area (Å²) < 4.78 is 38.9. The normalized spacial score (nSPS) is 23.5. The molecule has 3 atom stereocenters. The highest BCUT2D eigenvalue weighted by atomic mass is 19.3. The van der Waals surface area contributed by atoms with Gasteiger partial charge in [0.1, 0.15) is 17.5 Å². The van der Waals surface area contributed by atoms with Crippen LogP contribution in [0.2, 0.25) is 0 Å². The van der Waals surface area contributed by atoms with Gasteiger partial charge in [0, 0.05) is 11.6 Å². The number of hydrogen-bond acceptors (Lipinski definition) is 6. The highest BCUT2D eigenvalue weighted by molar-refractivity contribution is 6.20. The number of methoxy groups -OCH3 is 1. The zero-order valence-electron chi connectivity index (χ0n) is 16.8. The van der Waals surface area contributed by atoms with Gasteiger partial charge in [0.05, 0.1) is 13.2 Å². The van der Waals surface area contributed by atoms with E-state index < -0.39 is 30.5 Å². The molecule has 0 spiro atoms. The number of benzene rings is 2. The van der Waals surface area contributed by atoms with E-state index in [1.807, 2.05) is 6.07 Å². The summed E-state index contributed by atoms with van der Waals surface area (Å²) in [4.78, 5) is 17.8. The number of ether oxygens (including phenoxy) is 1. The number of carbonyl (C=O) groups excluding carboxylic acids is 1. The molecule has 2 aliphatic rings. The molecule has 2 aromatic carbocycles. The maximum Gasteiger partial charge on any atom is 0.277 e. The van der Waals surface area contributed by atoms with Crippen LogP contribution in [0.1, 0.15) is 24.3 Å². The number of aromatic nitrogens is 1. The number of allylic oxidation sites excluding steroid dienone is 1. The molecule has 0 aliphatic carbocycles. The average molecular weight is 426 g/mol. The molecule has 2 aliphatic heterocycles. The number of rotatable bonds is 4. The molecule has 31 heavy (non-hydrogen) atoms.